The number of anilines is 1. The highest BCUT2D eigenvalue weighted by Gasteiger charge is 2.14. The van der Waals surface area contributed by atoms with Gasteiger partial charge in [-0.3, -0.25) is 9.48 Å². The number of rotatable bonds is 5. The molecular formula is C16H21N3O. The van der Waals surface area contributed by atoms with Crippen molar-refractivity contribution < 1.29 is 4.79 Å². The molecule has 0 bridgehead atoms. The van der Waals surface area contributed by atoms with Crippen LogP contribution in [-0.4, -0.2) is 15.7 Å². The lowest BCUT2D eigenvalue weighted by molar-refractivity contribution is -0.120. The number of hydrogen-bond donors (Lipinski definition) is 1. The molecule has 4 heteroatoms. The van der Waals surface area contributed by atoms with Gasteiger partial charge < -0.3 is 5.32 Å². The van der Waals surface area contributed by atoms with Crippen LogP contribution in [0.1, 0.15) is 26.7 Å². The molecule has 4 nitrogen and oxygen atoms in total. The second kappa shape index (κ2) is 6.37. The van der Waals surface area contributed by atoms with Crippen molar-refractivity contribution in [3.63, 3.8) is 0 Å². The molecule has 1 amide bonds. The van der Waals surface area contributed by atoms with Crippen LogP contribution in [-0.2, 0) is 11.8 Å². The van der Waals surface area contributed by atoms with Crippen LogP contribution in [0.3, 0.4) is 0 Å². The quantitative estimate of drug-likeness (QED) is 0.905. The van der Waals surface area contributed by atoms with Gasteiger partial charge in [-0.05, 0) is 30.5 Å². The van der Waals surface area contributed by atoms with Gasteiger partial charge in [-0.1, -0.05) is 26.0 Å². The van der Waals surface area contributed by atoms with Crippen molar-refractivity contribution in [1.82, 2.24) is 9.78 Å². The Bertz CT molecular complexity index is 585. The number of aryl methyl sites for hydroxylation is 1. The summed E-state index contributed by atoms with van der Waals surface area (Å²) in [6.07, 6.45) is 5.51. The number of hydrogen-bond acceptors (Lipinski definition) is 2. The minimum Gasteiger partial charge on any atom is -0.326 e. The number of carbonyl (C=O) groups excluding carboxylic acids is 1. The predicted molar refractivity (Wildman–Crippen MR) is 81.3 cm³/mol. The third kappa shape index (κ3) is 3.26. The van der Waals surface area contributed by atoms with E-state index in [9.17, 15) is 4.79 Å². The zero-order valence-corrected chi connectivity index (χ0v) is 12.3. The lowest BCUT2D eigenvalue weighted by atomic mass is 10.0. The lowest BCUT2D eigenvalue weighted by Crippen LogP contribution is -2.21. The van der Waals surface area contributed by atoms with Crippen LogP contribution >= 0.6 is 0 Å². The van der Waals surface area contributed by atoms with E-state index in [1.807, 2.05) is 57.6 Å². The molecule has 2 rings (SSSR count). The van der Waals surface area contributed by atoms with E-state index in [4.69, 9.17) is 0 Å². The molecule has 0 radical (unpaired) electrons. The smallest absolute Gasteiger partial charge is 0.227 e. The first kappa shape index (κ1) is 14.3. The molecule has 2 aromatic rings. The van der Waals surface area contributed by atoms with Crippen molar-refractivity contribution in [3.05, 3.63) is 36.7 Å². The molecule has 0 saturated carbocycles. The Morgan fingerprint density at radius 2 is 2.05 bits per heavy atom. The number of benzene rings is 1. The molecule has 1 heterocycles. The first-order valence-electron chi connectivity index (χ1n) is 7.04. The minimum atomic E-state index is 0.0806. The molecule has 0 aliphatic rings. The third-order valence-corrected chi connectivity index (χ3v) is 3.52. The van der Waals surface area contributed by atoms with Crippen molar-refractivity contribution in [3.8, 4) is 11.1 Å². The van der Waals surface area contributed by atoms with E-state index in [0.717, 1.165) is 29.7 Å². The molecule has 1 aromatic carbocycles. The first-order chi connectivity index (χ1) is 9.63. The maximum Gasteiger partial charge on any atom is 0.227 e. The number of aromatic nitrogens is 2. The molecule has 0 fully saturated rings. The molecule has 0 aliphatic heterocycles. The minimum absolute atomic E-state index is 0.0806. The monoisotopic (exact) mass is 271 g/mol. The standard InChI is InChI=1S/C16H21N3O/c1-4-12(5-2)16(20)18-15-8-6-7-13(9-15)14-10-17-19(3)11-14/h6-12H,4-5H2,1-3H3,(H,18,20). The highest BCUT2D eigenvalue weighted by atomic mass is 16.1. The molecule has 1 N–H and O–H groups in total. The highest BCUT2D eigenvalue weighted by molar-refractivity contribution is 5.93. The highest BCUT2D eigenvalue weighted by Crippen LogP contribution is 2.22. The van der Waals surface area contributed by atoms with Crippen molar-refractivity contribution in [1.29, 1.82) is 0 Å². The Morgan fingerprint density at radius 3 is 2.65 bits per heavy atom. The maximum atomic E-state index is 12.1. The van der Waals surface area contributed by atoms with E-state index in [2.05, 4.69) is 10.4 Å². The molecule has 0 spiro atoms. The Labute approximate surface area is 119 Å². The van der Waals surface area contributed by atoms with E-state index in [1.54, 1.807) is 4.68 Å². The van der Waals surface area contributed by atoms with E-state index >= 15 is 0 Å². The van der Waals surface area contributed by atoms with Gasteiger partial charge in [0.25, 0.3) is 0 Å². The molecular weight excluding hydrogens is 250 g/mol. The van der Waals surface area contributed by atoms with Crippen molar-refractivity contribution >= 4 is 11.6 Å². The summed E-state index contributed by atoms with van der Waals surface area (Å²) in [4.78, 5) is 12.1. The van der Waals surface area contributed by atoms with Gasteiger partial charge in [-0.25, -0.2) is 0 Å². The van der Waals surface area contributed by atoms with Gasteiger partial charge in [-0.2, -0.15) is 5.10 Å². The average molecular weight is 271 g/mol. The summed E-state index contributed by atoms with van der Waals surface area (Å²) >= 11 is 0. The van der Waals surface area contributed by atoms with E-state index in [1.165, 1.54) is 0 Å². The maximum absolute atomic E-state index is 12.1. The lowest BCUT2D eigenvalue weighted by Gasteiger charge is -2.13. The Kier molecular flexibility index (Phi) is 4.56. The van der Waals surface area contributed by atoms with Crippen LogP contribution < -0.4 is 5.32 Å². The second-order valence-corrected chi connectivity index (χ2v) is 4.99. The van der Waals surface area contributed by atoms with Crippen LogP contribution in [0.5, 0.6) is 0 Å². The zero-order valence-electron chi connectivity index (χ0n) is 12.3. The predicted octanol–water partition coefficient (Wildman–Crippen LogP) is 3.46. The number of amides is 1. The topological polar surface area (TPSA) is 46.9 Å². The number of carbonyl (C=O) groups is 1. The van der Waals surface area contributed by atoms with E-state index in [0.29, 0.717) is 0 Å². The Hall–Kier alpha value is -2.10. The van der Waals surface area contributed by atoms with Crippen molar-refractivity contribution in [2.24, 2.45) is 13.0 Å². The normalized spacial score (nSPS) is 10.8. The average Bonchev–Trinajstić information content (AvgIpc) is 2.87. The summed E-state index contributed by atoms with van der Waals surface area (Å²) < 4.78 is 1.77. The summed E-state index contributed by atoms with van der Waals surface area (Å²) in [7, 11) is 1.89. The van der Waals surface area contributed by atoms with Crippen LogP contribution in [0.15, 0.2) is 36.7 Å². The fourth-order valence-electron chi connectivity index (χ4n) is 2.25. The zero-order chi connectivity index (χ0) is 14.5. The molecule has 0 unspecified atom stereocenters. The SMILES string of the molecule is CCC(CC)C(=O)Nc1cccc(-c2cnn(C)c2)c1. The first-order valence-corrected chi connectivity index (χ1v) is 7.04. The molecule has 0 atom stereocenters. The Balaban J connectivity index is 2.16. The fraction of sp³-hybridized carbons (Fsp3) is 0.375. The van der Waals surface area contributed by atoms with E-state index in [-0.39, 0.29) is 11.8 Å². The largest absolute Gasteiger partial charge is 0.326 e. The summed E-state index contributed by atoms with van der Waals surface area (Å²) in [5.74, 6) is 0.176. The third-order valence-electron chi connectivity index (χ3n) is 3.52. The fourth-order valence-corrected chi connectivity index (χ4v) is 2.25. The van der Waals surface area contributed by atoms with E-state index < -0.39 is 0 Å². The molecule has 20 heavy (non-hydrogen) atoms. The number of nitrogens with one attached hydrogen (secondary N) is 1. The second-order valence-electron chi connectivity index (χ2n) is 4.99. The molecule has 0 saturated heterocycles. The van der Waals surface area contributed by atoms with Crippen LogP contribution in [0.4, 0.5) is 5.69 Å². The van der Waals surface area contributed by atoms with Gasteiger partial charge in [0.15, 0.2) is 0 Å². The summed E-state index contributed by atoms with van der Waals surface area (Å²) in [5.41, 5.74) is 2.94. The summed E-state index contributed by atoms with van der Waals surface area (Å²) in [6, 6.07) is 7.87. The van der Waals surface area contributed by atoms with Crippen LogP contribution in [0.25, 0.3) is 11.1 Å². The van der Waals surface area contributed by atoms with Gasteiger partial charge in [0.1, 0.15) is 0 Å². The van der Waals surface area contributed by atoms with Gasteiger partial charge in [-0.15, -0.1) is 0 Å². The molecule has 0 aliphatic carbocycles. The summed E-state index contributed by atoms with van der Waals surface area (Å²) in [6.45, 7) is 4.08. The van der Waals surface area contributed by atoms with Crippen molar-refractivity contribution in [2.75, 3.05) is 5.32 Å². The Morgan fingerprint density at radius 1 is 1.30 bits per heavy atom. The van der Waals surface area contributed by atoms with Gasteiger partial charge in [0, 0.05) is 30.4 Å². The van der Waals surface area contributed by atoms with Gasteiger partial charge in [0.05, 0.1) is 6.20 Å². The summed E-state index contributed by atoms with van der Waals surface area (Å²) in [5, 5.41) is 7.16. The van der Waals surface area contributed by atoms with Crippen LogP contribution in [0, 0.1) is 5.92 Å². The van der Waals surface area contributed by atoms with Crippen molar-refractivity contribution in [2.45, 2.75) is 26.7 Å². The molecule has 106 valence electrons. The van der Waals surface area contributed by atoms with Crippen LogP contribution in [0.2, 0.25) is 0 Å². The van der Waals surface area contributed by atoms with Gasteiger partial charge >= 0.3 is 0 Å². The number of nitrogens with zero attached hydrogens (tertiary/aromatic N) is 2. The van der Waals surface area contributed by atoms with Gasteiger partial charge in [0.2, 0.25) is 5.91 Å². The molecule has 1 aromatic heterocycles.